The number of hydrogen-bond donors (Lipinski definition) is 1. The number of aryl methyl sites for hydroxylation is 1. The summed E-state index contributed by atoms with van der Waals surface area (Å²) in [5, 5.41) is 8.04. The number of methoxy groups -OCH3 is 2. The minimum Gasteiger partial charge on any atom is -0.496 e. The first-order valence-corrected chi connectivity index (χ1v) is 14.4. The molecule has 1 amide bonds. The zero-order chi connectivity index (χ0) is 30.6. The van der Waals surface area contributed by atoms with Crippen molar-refractivity contribution in [3.8, 4) is 10.8 Å². The van der Waals surface area contributed by atoms with Crippen LogP contribution in [0.2, 0.25) is 0 Å². The van der Waals surface area contributed by atoms with Crippen LogP contribution in [0.25, 0.3) is 15.2 Å². The number of benzene rings is 1. The fourth-order valence-corrected chi connectivity index (χ4v) is 6.02. The van der Waals surface area contributed by atoms with Crippen molar-refractivity contribution in [1.29, 1.82) is 0 Å². The predicted octanol–water partition coefficient (Wildman–Crippen LogP) is 3.75. The van der Waals surface area contributed by atoms with Crippen molar-refractivity contribution in [1.82, 2.24) is 24.2 Å². The van der Waals surface area contributed by atoms with E-state index in [0.717, 1.165) is 4.57 Å². The standard InChI is InChI=1S/C29H36FN5O6S/c1-17(2)32-25(36)19(4)35-26(37)24-18(3)27(34-12-7-11-31-34)42-28(24)33(29(35)38)16-23(41-14-8-13-39-5)21-15-20(30)9-10-22(21)40-6/h7,9-12,15,17,19,23H,8,13-14,16H2,1-6H3,(H,32,36)/t19-,23+/m1/s1. The molecule has 2 atom stereocenters. The van der Waals surface area contributed by atoms with Crippen LogP contribution in [0, 0.1) is 12.7 Å². The summed E-state index contributed by atoms with van der Waals surface area (Å²) >= 11 is 1.23. The van der Waals surface area contributed by atoms with Crippen LogP contribution < -0.4 is 21.3 Å². The van der Waals surface area contributed by atoms with Crippen LogP contribution in [0.4, 0.5) is 4.39 Å². The topological polar surface area (TPSA) is 119 Å². The van der Waals surface area contributed by atoms with Gasteiger partial charge in [-0.3, -0.25) is 14.2 Å². The van der Waals surface area contributed by atoms with Crippen molar-refractivity contribution in [3.05, 3.63) is 74.4 Å². The van der Waals surface area contributed by atoms with E-state index < -0.39 is 35.1 Å². The molecule has 42 heavy (non-hydrogen) atoms. The van der Waals surface area contributed by atoms with Crippen molar-refractivity contribution in [2.45, 2.75) is 58.8 Å². The van der Waals surface area contributed by atoms with Crippen LogP contribution in [0.3, 0.4) is 0 Å². The van der Waals surface area contributed by atoms with Gasteiger partial charge in [0.25, 0.3) is 5.56 Å². The number of nitrogens with zero attached hydrogens (tertiary/aromatic N) is 4. The molecular formula is C29H36FN5O6S. The van der Waals surface area contributed by atoms with Crippen molar-refractivity contribution in [3.63, 3.8) is 0 Å². The Morgan fingerprint density at radius 3 is 2.57 bits per heavy atom. The summed E-state index contributed by atoms with van der Waals surface area (Å²) in [6, 6.07) is 4.56. The average molecular weight is 602 g/mol. The van der Waals surface area contributed by atoms with Gasteiger partial charge in [0.1, 0.15) is 33.5 Å². The zero-order valence-corrected chi connectivity index (χ0v) is 25.4. The molecule has 0 aliphatic rings. The quantitative estimate of drug-likeness (QED) is 0.232. The van der Waals surface area contributed by atoms with Gasteiger partial charge in [-0.2, -0.15) is 5.10 Å². The van der Waals surface area contributed by atoms with E-state index in [1.165, 1.54) is 48.1 Å². The largest absolute Gasteiger partial charge is 0.496 e. The smallest absolute Gasteiger partial charge is 0.332 e. The normalized spacial score (nSPS) is 13.0. The minimum atomic E-state index is -1.10. The second-order valence-electron chi connectivity index (χ2n) is 10.2. The Labute approximate surface area is 246 Å². The number of carbonyl (C=O) groups excluding carboxylic acids is 1. The number of aromatic nitrogens is 4. The molecule has 0 fully saturated rings. The molecule has 4 aromatic rings. The molecule has 0 unspecified atom stereocenters. The molecule has 4 rings (SSSR count). The van der Waals surface area contributed by atoms with Gasteiger partial charge < -0.3 is 19.5 Å². The van der Waals surface area contributed by atoms with E-state index in [-0.39, 0.29) is 19.2 Å². The lowest BCUT2D eigenvalue weighted by molar-refractivity contribution is -0.124. The zero-order valence-electron chi connectivity index (χ0n) is 24.5. The summed E-state index contributed by atoms with van der Waals surface area (Å²) in [6.45, 7) is 7.51. The molecule has 0 aliphatic carbocycles. The van der Waals surface area contributed by atoms with Gasteiger partial charge in [0.15, 0.2) is 0 Å². The third-order valence-corrected chi connectivity index (χ3v) is 8.13. The molecule has 0 saturated heterocycles. The molecule has 0 aliphatic heterocycles. The molecule has 0 saturated carbocycles. The Bertz CT molecular complexity index is 1660. The highest BCUT2D eigenvalue weighted by Crippen LogP contribution is 2.34. The third-order valence-electron chi connectivity index (χ3n) is 6.83. The molecule has 1 N–H and O–H groups in total. The highest BCUT2D eigenvalue weighted by molar-refractivity contribution is 7.21. The third kappa shape index (κ3) is 6.32. The van der Waals surface area contributed by atoms with E-state index in [9.17, 15) is 18.8 Å². The number of ether oxygens (including phenoxy) is 3. The number of nitrogens with one attached hydrogen (secondary N) is 1. The number of carbonyl (C=O) groups is 1. The van der Waals surface area contributed by atoms with Gasteiger partial charge in [-0.05, 0) is 58.4 Å². The van der Waals surface area contributed by atoms with E-state index >= 15 is 0 Å². The first kappa shape index (κ1) is 31.1. The highest BCUT2D eigenvalue weighted by atomic mass is 32.1. The van der Waals surface area contributed by atoms with Gasteiger partial charge in [0.2, 0.25) is 5.91 Å². The molecular weight excluding hydrogens is 565 g/mol. The van der Waals surface area contributed by atoms with Crippen LogP contribution in [0.1, 0.15) is 50.5 Å². The maximum Gasteiger partial charge on any atom is 0.332 e. The summed E-state index contributed by atoms with van der Waals surface area (Å²) in [5.74, 6) is -0.574. The van der Waals surface area contributed by atoms with Crippen molar-refractivity contribution >= 4 is 27.5 Å². The Hall–Kier alpha value is -3.81. The monoisotopic (exact) mass is 601 g/mol. The maximum atomic E-state index is 14.5. The van der Waals surface area contributed by atoms with Gasteiger partial charge in [-0.15, -0.1) is 0 Å². The summed E-state index contributed by atoms with van der Waals surface area (Å²) in [6.07, 6.45) is 3.09. The van der Waals surface area contributed by atoms with Crippen LogP contribution >= 0.6 is 11.3 Å². The number of fused-ring (bicyclic) bond motifs is 1. The highest BCUT2D eigenvalue weighted by Gasteiger charge is 2.29. The molecule has 11 nitrogen and oxygen atoms in total. The second kappa shape index (κ2) is 13.4. The van der Waals surface area contributed by atoms with Gasteiger partial charge in [0, 0.05) is 49.9 Å². The van der Waals surface area contributed by atoms with Crippen LogP contribution in [0.5, 0.6) is 5.75 Å². The molecule has 13 heteroatoms. The molecule has 0 radical (unpaired) electrons. The molecule has 1 aromatic carbocycles. The summed E-state index contributed by atoms with van der Waals surface area (Å²) in [7, 11) is 3.05. The van der Waals surface area contributed by atoms with Crippen LogP contribution in [0.15, 0.2) is 46.2 Å². The van der Waals surface area contributed by atoms with Gasteiger partial charge in [-0.1, -0.05) is 11.3 Å². The summed E-state index contributed by atoms with van der Waals surface area (Å²) in [5.41, 5.74) is -0.249. The van der Waals surface area contributed by atoms with Crippen LogP contribution in [-0.2, 0) is 20.8 Å². The first-order chi connectivity index (χ1) is 20.1. The second-order valence-corrected chi connectivity index (χ2v) is 11.1. The van der Waals surface area contributed by atoms with Crippen molar-refractivity contribution < 1.29 is 23.4 Å². The molecule has 3 aromatic heterocycles. The average Bonchev–Trinajstić information content (AvgIpc) is 3.60. The number of thiophene rings is 1. The lowest BCUT2D eigenvalue weighted by Gasteiger charge is -2.23. The first-order valence-electron chi connectivity index (χ1n) is 13.6. The molecule has 0 bridgehead atoms. The lowest BCUT2D eigenvalue weighted by Crippen LogP contribution is -2.47. The maximum absolute atomic E-state index is 14.5. The van der Waals surface area contributed by atoms with E-state index in [1.807, 2.05) is 0 Å². The van der Waals surface area contributed by atoms with Crippen molar-refractivity contribution in [2.24, 2.45) is 0 Å². The number of amides is 1. The number of halogens is 1. The van der Waals surface area contributed by atoms with E-state index in [0.29, 0.717) is 45.1 Å². The van der Waals surface area contributed by atoms with E-state index in [1.54, 1.807) is 51.0 Å². The predicted molar refractivity (Wildman–Crippen MR) is 158 cm³/mol. The number of rotatable bonds is 13. The van der Waals surface area contributed by atoms with Crippen LogP contribution in [-0.4, -0.2) is 58.3 Å². The van der Waals surface area contributed by atoms with Gasteiger partial charge in [-0.25, -0.2) is 18.4 Å². The fourth-order valence-electron chi connectivity index (χ4n) is 4.78. The lowest BCUT2D eigenvalue weighted by atomic mass is 10.1. The Morgan fingerprint density at radius 2 is 1.93 bits per heavy atom. The Morgan fingerprint density at radius 1 is 1.17 bits per heavy atom. The molecule has 0 spiro atoms. The fraction of sp³-hybridized carbons (Fsp3) is 0.448. The Kier molecular flexibility index (Phi) is 9.97. The summed E-state index contributed by atoms with van der Waals surface area (Å²) < 4.78 is 35.4. The SMILES string of the molecule is COCCCO[C@@H](Cn1c(=O)n([C@H](C)C(=O)NC(C)C)c(=O)c2c(C)c(-n3cccn3)sc21)c1cc(F)ccc1OC. The van der Waals surface area contributed by atoms with Gasteiger partial charge in [0.05, 0.1) is 19.0 Å². The molecule has 3 heterocycles. The number of hydrogen-bond acceptors (Lipinski definition) is 8. The van der Waals surface area contributed by atoms with Crippen molar-refractivity contribution in [2.75, 3.05) is 27.4 Å². The van der Waals surface area contributed by atoms with Gasteiger partial charge >= 0.3 is 5.69 Å². The Balaban J connectivity index is 1.96. The summed E-state index contributed by atoms with van der Waals surface area (Å²) in [4.78, 5) is 41.5. The van der Waals surface area contributed by atoms with E-state index in [4.69, 9.17) is 14.2 Å². The molecule has 226 valence electrons. The van der Waals surface area contributed by atoms with E-state index in [2.05, 4.69) is 10.4 Å². The minimum absolute atomic E-state index is 0.0839.